The molecule has 2 atom stereocenters. The molecule has 8 heteroatoms. The van der Waals surface area contributed by atoms with Gasteiger partial charge >= 0.3 is 0 Å². The van der Waals surface area contributed by atoms with Crippen LogP contribution in [-0.2, 0) is 9.59 Å². The molecular weight excluding hydrogens is 408 g/mol. The summed E-state index contributed by atoms with van der Waals surface area (Å²) in [5.74, 6) is -2.10. The highest BCUT2D eigenvalue weighted by molar-refractivity contribution is 6.22. The molecule has 2 heterocycles. The van der Waals surface area contributed by atoms with E-state index in [1.54, 1.807) is 24.3 Å². The number of para-hydroxylation sites is 1. The molecule has 2 aliphatic rings. The number of anilines is 1. The second-order valence-corrected chi connectivity index (χ2v) is 8.12. The fourth-order valence-electron chi connectivity index (χ4n) is 4.49. The average molecular weight is 434 g/mol. The van der Waals surface area contributed by atoms with Crippen molar-refractivity contribution in [3.8, 4) is 0 Å². The Morgan fingerprint density at radius 3 is 2.25 bits per heavy atom. The number of carbonyl (C=O) groups excluding carboxylic acids is 4. The summed E-state index contributed by atoms with van der Waals surface area (Å²) in [5.41, 5.74) is 6.90. The van der Waals surface area contributed by atoms with Crippen LogP contribution in [0.15, 0.2) is 54.6 Å². The molecule has 2 aromatic rings. The normalized spacial score (nSPS) is 18.6. The third-order valence-corrected chi connectivity index (χ3v) is 6.08. The van der Waals surface area contributed by atoms with E-state index >= 15 is 0 Å². The van der Waals surface area contributed by atoms with Crippen LogP contribution in [0.5, 0.6) is 0 Å². The van der Waals surface area contributed by atoms with Crippen LogP contribution in [0.4, 0.5) is 5.69 Å². The predicted octanol–water partition coefficient (Wildman–Crippen LogP) is 1.70. The molecule has 166 valence electrons. The maximum Gasteiger partial charge on any atom is 0.262 e. The molecule has 8 nitrogen and oxygen atoms in total. The summed E-state index contributed by atoms with van der Waals surface area (Å²) in [4.78, 5) is 53.5. The molecular formula is C24H26N4O4. The number of rotatable bonds is 8. The van der Waals surface area contributed by atoms with Gasteiger partial charge in [0.05, 0.1) is 11.1 Å². The van der Waals surface area contributed by atoms with Crippen molar-refractivity contribution in [2.75, 3.05) is 18.0 Å². The van der Waals surface area contributed by atoms with Crippen LogP contribution in [0.2, 0.25) is 0 Å². The Kier molecular flexibility index (Phi) is 6.20. The monoisotopic (exact) mass is 434 g/mol. The Balaban J connectivity index is 1.49. The van der Waals surface area contributed by atoms with Gasteiger partial charge in [0.1, 0.15) is 6.04 Å². The molecule has 0 bridgehead atoms. The van der Waals surface area contributed by atoms with Gasteiger partial charge in [-0.1, -0.05) is 30.3 Å². The van der Waals surface area contributed by atoms with Crippen LogP contribution in [-0.4, -0.2) is 53.7 Å². The van der Waals surface area contributed by atoms with Crippen molar-refractivity contribution in [2.45, 2.75) is 37.8 Å². The van der Waals surface area contributed by atoms with E-state index in [-0.39, 0.29) is 30.0 Å². The summed E-state index contributed by atoms with van der Waals surface area (Å²) in [7, 11) is 0. The second kappa shape index (κ2) is 9.21. The van der Waals surface area contributed by atoms with E-state index in [0.717, 1.165) is 30.0 Å². The number of imide groups is 1. The number of primary amides is 1. The van der Waals surface area contributed by atoms with Gasteiger partial charge in [0, 0.05) is 31.2 Å². The summed E-state index contributed by atoms with van der Waals surface area (Å²) in [5, 5.41) is 2.91. The Hall–Kier alpha value is -3.68. The number of benzene rings is 2. The van der Waals surface area contributed by atoms with Gasteiger partial charge in [-0.05, 0) is 43.5 Å². The number of amides is 4. The Morgan fingerprint density at radius 1 is 1.00 bits per heavy atom. The van der Waals surface area contributed by atoms with Crippen molar-refractivity contribution in [1.29, 1.82) is 0 Å². The first-order valence-electron chi connectivity index (χ1n) is 10.8. The van der Waals surface area contributed by atoms with Crippen molar-refractivity contribution in [3.05, 3.63) is 65.7 Å². The number of hydrogen-bond donors (Lipinski definition) is 2. The first kappa shape index (κ1) is 21.5. The van der Waals surface area contributed by atoms with Gasteiger partial charge < -0.3 is 16.0 Å². The lowest BCUT2D eigenvalue weighted by Crippen LogP contribution is -2.52. The van der Waals surface area contributed by atoms with E-state index in [1.165, 1.54) is 0 Å². The molecule has 4 rings (SSSR count). The first-order valence-corrected chi connectivity index (χ1v) is 10.8. The molecule has 2 aromatic carbocycles. The van der Waals surface area contributed by atoms with E-state index in [1.807, 2.05) is 30.3 Å². The molecule has 0 spiro atoms. The van der Waals surface area contributed by atoms with Gasteiger partial charge in [-0.25, -0.2) is 0 Å². The molecule has 2 aliphatic heterocycles. The fraction of sp³-hybridized carbons (Fsp3) is 0.333. The molecule has 0 aliphatic carbocycles. The minimum absolute atomic E-state index is 0.0142. The van der Waals surface area contributed by atoms with Gasteiger partial charge in [0.2, 0.25) is 11.8 Å². The summed E-state index contributed by atoms with van der Waals surface area (Å²) < 4.78 is 0. The van der Waals surface area contributed by atoms with Crippen LogP contribution in [0.25, 0.3) is 0 Å². The molecule has 1 fully saturated rings. The van der Waals surface area contributed by atoms with Gasteiger partial charge in [0.15, 0.2) is 0 Å². The second-order valence-electron chi connectivity index (χ2n) is 8.12. The van der Waals surface area contributed by atoms with E-state index < -0.39 is 29.7 Å². The standard InChI is InChI=1S/C24H26N4O4/c25-21(29)13-12-20(28-23(31)18-10-4-5-11-19(18)24(28)32)22(30)26-15-17-9-6-14-27(17)16-7-2-1-3-8-16/h1-5,7-8,10-11,17,20H,6,9,12-15H2,(H2,25,29)(H,26,30)/t17-,20?/m0/s1. The number of fused-ring (bicyclic) bond motifs is 1. The molecule has 1 saturated heterocycles. The largest absolute Gasteiger partial charge is 0.370 e. The van der Waals surface area contributed by atoms with Crippen molar-refractivity contribution in [1.82, 2.24) is 10.2 Å². The predicted molar refractivity (Wildman–Crippen MR) is 119 cm³/mol. The van der Waals surface area contributed by atoms with Gasteiger partial charge in [-0.15, -0.1) is 0 Å². The van der Waals surface area contributed by atoms with E-state index in [2.05, 4.69) is 10.2 Å². The van der Waals surface area contributed by atoms with Gasteiger partial charge in [-0.2, -0.15) is 0 Å². The Labute approximate surface area is 186 Å². The summed E-state index contributed by atoms with van der Waals surface area (Å²) in [6.45, 7) is 1.28. The maximum atomic E-state index is 13.2. The van der Waals surface area contributed by atoms with Crippen molar-refractivity contribution in [2.24, 2.45) is 5.73 Å². The van der Waals surface area contributed by atoms with Crippen LogP contribution in [0, 0.1) is 0 Å². The third kappa shape index (κ3) is 4.21. The highest BCUT2D eigenvalue weighted by atomic mass is 16.2. The molecule has 32 heavy (non-hydrogen) atoms. The fourth-order valence-corrected chi connectivity index (χ4v) is 4.49. The van der Waals surface area contributed by atoms with Gasteiger partial charge in [0.25, 0.3) is 11.8 Å². The lowest BCUT2D eigenvalue weighted by molar-refractivity contribution is -0.125. The molecule has 0 aromatic heterocycles. The van der Waals surface area contributed by atoms with Gasteiger partial charge in [-0.3, -0.25) is 24.1 Å². The number of hydrogen-bond acceptors (Lipinski definition) is 5. The molecule has 1 unspecified atom stereocenters. The topological polar surface area (TPSA) is 113 Å². The zero-order valence-corrected chi connectivity index (χ0v) is 17.7. The molecule has 3 N–H and O–H groups in total. The van der Waals surface area contributed by atoms with Crippen molar-refractivity contribution >= 4 is 29.3 Å². The Morgan fingerprint density at radius 2 is 1.62 bits per heavy atom. The Bertz CT molecular complexity index is 1000. The number of nitrogens with one attached hydrogen (secondary N) is 1. The summed E-state index contributed by atoms with van der Waals surface area (Å²) >= 11 is 0. The smallest absolute Gasteiger partial charge is 0.262 e. The minimum atomic E-state index is -1.10. The number of nitrogens with zero attached hydrogens (tertiary/aromatic N) is 2. The third-order valence-electron chi connectivity index (χ3n) is 6.08. The molecule has 4 amide bonds. The van der Waals surface area contributed by atoms with E-state index in [0.29, 0.717) is 6.54 Å². The average Bonchev–Trinajstić information content (AvgIpc) is 3.37. The first-order chi connectivity index (χ1) is 15.5. The van der Waals surface area contributed by atoms with Crippen molar-refractivity contribution < 1.29 is 19.2 Å². The zero-order valence-electron chi connectivity index (χ0n) is 17.7. The highest BCUT2D eigenvalue weighted by Gasteiger charge is 2.42. The maximum absolute atomic E-state index is 13.2. The summed E-state index contributed by atoms with van der Waals surface area (Å²) in [6.07, 6.45) is 1.82. The minimum Gasteiger partial charge on any atom is -0.370 e. The molecule has 0 saturated carbocycles. The summed E-state index contributed by atoms with van der Waals surface area (Å²) in [6, 6.07) is 15.5. The number of nitrogens with two attached hydrogens (primary N) is 1. The van der Waals surface area contributed by atoms with Crippen molar-refractivity contribution in [3.63, 3.8) is 0 Å². The quantitative estimate of drug-likeness (QED) is 0.614. The zero-order chi connectivity index (χ0) is 22.7. The van der Waals surface area contributed by atoms with Crippen LogP contribution in [0.1, 0.15) is 46.4 Å². The lowest BCUT2D eigenvalue weighted by Gasteiger charge is -2.29. The van der Waals surface area contributed by atoms with Crippen LogP contribution in [0.3, 0.4) is 0 Å². The highest BCUT2D eigenvalue weighted by Crippen LogP contribution is 2.27. The van der Waals surface area contributed by atoms with Crippen LogP contribution >= 0.6 is 0 Å². The van der Waals surface area contributed by atoms with Crippen LogP contribution < -0.4 is 16.0 Å². The molecule has 0 radical (unpaired) electrons. The van der Waals surface area contributed by atoms with E-state index in [4.69, 9.17) is 5.73 Å². The number of carbonyl (C=O) groups is 4. The SMILES string of the molecule is NC(=O)CCC(C(=O)NC[C@@H]1CCCN1c1ccccc1)N1C(=O)c2ccccc2C1=O. The lowest BCUT2D eigenvalue weighted by atomic mass is 10.1. The van der Waals surface area contributed by atoms with E-state index in [9.17, 15) is 19.2 Å².